The molecule has 1 atom stereocenters. The number of carbonyl (C=O) groups is 1. The Balaban J connectivity index is 1.39. The monoisotopic (exact) mass is 594 g/mol. The molecule has 0 aliphatic carbocycles. The van der Waals surface area contributed by atoms with Crippen molar-refractivity contribution in [2.75, 3.05) is 51.6 Å². The minimum Gasteiger partial charge on any atom is -0.451 e. The van der Waals surface area contributed by atoms with Crippen LogP contribution in [-0.4, -0.2) is 77.6 Å². The summed E-state index contributed by atoms with van der Waals surface area (Å²) in [7, 11) is 2.03. The zero-order valence-corrected chi connectivity index (χ0v) is 24.2. The Kier molecular flexibility index (Phi) is 6.12. The van der Waals surface area contributed by atoms with Crippen LogP contribution in [0.1, 0.15) is 23.2 Å². The largest absolute Gasteiger partial charge is 0.451 e. The highest BCUT2D eigenvalue weighted by atomic mass is 19.1. The molecule has 2 fully saturated rings. The molecule has 11 heteroatoms. The Morgan fingerprint density at radius 2 is 1.84 bits per heavy atom. The predicted octanol–water partition coefficient (Wildman–Crippen LogP) is 3.58. The number of amides is 1. The first-order valence-corrected chi connectivity index (χ1v) is 15.0. The average Bonchev–Trinajstić information content (AvgIpc) is 3.72. The van der Waals surface area contributed by atoms with Crippen molar-refractivity contribution < 1.29 is 13.6 Å². The number of nitrogens with two attached hydrogens (primary N) is 1. The van der Waals surface area contributed by atoms with E-state index in [4.69, 9.17) is 10.2 Å². The number of anilines is 1. The first-order valence-electron chi connectivity index (χ1n) is 15.0. The van der Waals surface area contributed by atoms with E-state index in [0.29, 0.717) is 60.0 Å². The molecule has 4 heterocycles. The summed E-state index contributed by atoms with van der Waals surface area (Å²) in [4.78, 5) is 42.4. The molecular weight excluding hydrogens is 563 g/mol. The van der Waals surface area contributed by atoms with E-state index in [1.807, 2.05) is 31.3 Å². The number of carbonyl (C=O) groups excluding carboxylic acids is 1. The van der Waals surface area contributed by atoms with Crippen molar-refractivity contribution in [2.45, 2.75) is 18.9 Å². The van der Waals surface area contributed by atoms with Crippen LogP contribution in [0.3, 0.4) is 0 Å². The third kappa shape index (κ3) is 4.00. The highest BCUT2D eigenvalue weighted by Gasteiger charge is 2.29. The number of nitrogens with one attached hydrogen (secondary N) is 1. The van der Waals surface area contributed by atoms with Crippen LogP contribution in [-0.2, 0) is 0 Å². The predicted molar refractivity (Wildman–Crippen MR) is 169 cm³/mol. The summed E-state index contributed by atoms with van der Waals surface area (Å²) in [6.07, 6.45) is 3.23. The van der Waals surface area contributed by atoms with Crippen molar-refractivity contribution in [3.05, 3.63) is 80.5 Å². The van der Waals surface area contributed by atoms with E-state index < -0.39 is 17.2 Å². The number of pyridine rings is 1. The highest BCUT2D eigenvalue weighted by molar-refractivity contribution is 6.15. The number of fused-ring (bicyclic) bond motifs is 5. The Hall–Kier alpha value is -4.58. The van der Waals surface area contributed by atoms with Crippen LogP contribution in [0.4, 0.5) is 10.1 Å². The van der Waals surface area contributed by atoms with Crippen LogP contribution < -0.4 is 21.9 Å². The molecular formula is C33H31FN6O4. The molecule has 3 N–H and O–H groups in total. The first-order chi connectivity index (χ1) is 21.3. The molecule has 0 unspecified atom stereocenters. The molecule has 44 heavy (non-hydrogen) atoms. The molecule has 0 bridgehead atoms. The van der Waals surface area contributed by atoms with E-state index in [9.17, 15) is 14.4 Å². The summed E-state index contributed by atoms with van der Waals surface area (Å²) in [6, 6.07) is 11.9. The second-order valence-electron chi connectivity index (χ2n) is 12.0. The van der Waals surface area contributed by atoms with Gasteiger partial charge in [0, 0.05) is 69.3 Å². The van der Waals surface area contributed by atoms with Gasteiger partial charge in [-0.1, -0.05) is 24.3 Å². The molecule has 0 saturated carbocycles. The van der Waals surface area contributed by atoms with Crippen molar-refractivity contribution in [3.63, 3.8) is 0 Å². The third-order valence-corrected chi connectivity index (χ3v) is 9.27. The molecule has 2 aliphatic rings. The average molecular weight is 595 g/mol. The zero-order valence-electron chi connectivity index (χ0n) is 24.2. The van der Waals surface area contributed by atoms with E-state index in [1.54, 1.807) is 21.4 Å². The maximum atomic E-state index is 15.9. The molecule has 2 aromatic heterocycles. The van der Waals surface area contributed by atoms with E-state index >= 15 is 4.39 Å². The minimum atomic E-state index is -0.660. The molecule has 10 nitrogen and oxygen atoms in total. The van der Waals surface area contributed by atoms with Gasteiger partial charge in [0.25, 0.3) is 5.91 Å². The van der Waals surface area contributed by atoms with Gasteiger partial charge in [-0.3, -0.25) is 14.4 Å². The Bertz CT molecular complexity index is 2260. The van der Waals surface area contributed by atoms with E-state index in [1.165, 1.54) is 12.3 Å². The molecule has 1 amide bonds. The number of rotatable bonds is 5. The van der Waals surface area contributed by atoms with Gasteiger partial charge in [0.2, 0.25) is 5.43 Å². The third-order valence-electron chi connectivity index (χ3n) is 9.27. The molecule has 4 aromatic carbocycles. The van der Waals surface area contributed by atoms with E-state index in [2.05, 4.69) is 15.3 Å². The second kappa shape index (κ2) is 9.98. The van der Waals surface area contributed by atoms with E-state index in [0.717, 1.165) is 30.3 Å². The van der Waals surface area contributed by atoms with E-state index in [-0.39, 0.29) is 33.7 Å². The van der Waals surface area contributed by atoms with Crippen LogP contribution in [0.5, 0.6) is 0 Å². The number of nitrogens with zero attached hydrogens (tertiary/aromatic N) is 4. The Labute approximate surface area is 250 Å². The molecule has 6 aromatic rings. The van der Waals surface area contributed by atoms with Gasteiger partial charge in [0.05, 0.1) is 10.9 Å². The zero-order chi connectivity index (χ0) is 30.3. The fourth-order valence-corrected chi connectivity index (χ4v) is 6.98. The van der Waals surface area contributed by atoms with Crippen LogP contribution in [0.25, 0.3) is 49.1 Å². The lowest BCUT2D eigenvalue weighted by Crippen LogP contribution is -2.36. The fourth-order valence-electron chi connectivity index (χ4n) is 6.98. The van der Waals surface area contributed by atoms with Gasteiger partial charge in [-0.05, 0) is 41.8 Å². The summed E-state index contributed by atoms with van der Waals surface area (Å²) >= 11 is 0. The van der Waals surface area contributed by atoms with Crippen LogP contribution >= 0.6 is 0 Å². The van der Waals surface area contributed by atoms with Gasteiger partial charge in [-0.25, -0.2) is 14.4 Å². The number of hydrogen-bond donors (Lipinski definition) is 2. The number of halogens is 1. The number of benzene rings is 3. The minimum absolute atomic E-state index is 0.0410. The van der Waals surface area contributed by atoms with Gasteiger partial charge >= 0.3 is 0 Å². The molecule has 8 rings (SSSR count). The molecule has 0 spiro atoms. The second-order valence-corrected chi connectivity index (χ2v) is 12.0. The lowest BCUT2D eigenvalue weighted by Gasteiger charge is -2.24. The normalized spacial score (nSPS) is 18.2. The Morgan fingerprint density at radius 3 is 2.59 bits per heavy atom. The topological polar surface area (TPSA) is 117 Å². The van der Waals surface area contributed by atoms with Crippen molar-refractivity contribution in [2.24, 2.45) is 5.73 Å². The summed E-state index contributed by atoms with van der Waals surface area (Å²) in [5.41, 5.74) is 6.81. The van der Waals surface area contributed by atoms with Crippen molar-refractivity contribution in [3.8, 4) is 0 Å². The summed E-state index contributed by atoms with van der Waals surface area (Å²) in [5.74, 6) is -1.10. The standard InChI is InChI=1S/C33H31FN6O4/c1-37-9-4-10-39(37)12-8-36-28-25(34)13-23-29-32(28)44-27-15-22-21(19-5-2-3-6-20(19)30(22)41)14-26(27)40(29)17-24(31(23)42)33(43)38-11-7-18(35)16-38/h2-3,5-6,13-15,17-18,36H,4,7-12,16,35H2,1H3/t18-/m0/s1. The number of likely N-dealkylation sites (tertiary alicyclic amines) is 1. The SMILES string of the molecule is CN1CCCN1CCNc1c(F)cc2c(=O)c(C(=O)N3CC[C@H](N)C3)cn3c4cc5c(cc4oc1c23)c(=O)c1ccccc15. The number of hydrogen-bond acceptors (Lipinski definition) is 8. The first kappa shape index (κ1) is 27.0. The van der Waals surface area contributed by atoms with Gasteiger partial charge in [-0.2, -0.15) is 0 Å². The molecule has 224 valence electrons. The summed E-state index contributed by atoms with van der Waals surface area (Å²) < 4.78 is 24.1. The maximum Gasteiger partial charge on any atom is 0.259 e. The van der Waals surface area contributed by atoms with Crippen LogP contribution in [0, 0.1) is 5.82 Å². The summed E-state index contributed by atoms with van der Waals surface area (Å²) in [5, 5.41) is 10.2. The molecule has 0 radical (unpaired) electrons. The fraction of sp³-hybridized carbons (Fsp3) is 0.303. The highest BCUT2D eigenvalue weighted by Crippen LogP contribution is 2.36. The lowest BCUT2D eigenvalue weighted by atomic mass is 10.1. The Morgan fingerprint density at radius 1 is 1.02 bits per heavy atom. The summed E-state index contributed by atoms with van der Waals surface area (Å²) in [6.45, 7) is 3.77. The smallest absolute Gasteiger partial charge is 0.259 e. The molecule has 2 saturated heterocycles. The van der Waals surface area contributed by atoms with Crippen LogP contribution in [0.15, 0.2) is 62.7 Å². The van der Waals surface area contributed by atoms with Gasteiger partial charge in [-0.15, -0.1) is 0 Å². The van der Waals surface area contributed by atoms with Crippen LogP contribution in [0.2, 0.25) is 0 Å². The maximum absolute atomic E-state index is 15.9. The van der Waals surface area contributed by atoms with Gasteiger partial charge in [0.15, 0.2) is 22.4 Å². The van der Waals surface area contributed by atoms with Crippen molar-refractivity contribution in [1.82, 2.24) is 19.3 Å². The van der Waals surface area contributed by atoms with Gasteiger partial charge < -0.3 is 24.8 Å². The lowest BCUT2D eigenvalue weighted by molar-refractivity contribution is 0.0612. The number of hydrazine groups is 1. The van der Waals surface area contributed by atoms with Gasteiger partial charge in [0.1, 0.15) is 16.8 Å². The van der Waals surface area contributed by atoms with Crippen molar-refractivity contribution in [1.29, 1.82) is 0 Å². The van der Waals surface area contributed by atoms with Crippen molar-refractivity contribution >= 4 is 60.7 Å². The quantitative estimate of drug-likeness (QED) is 0.230. The molecule has 2 aliphatic heterocycles. The number of aromatic nitrogens is 1.